The van der Waals surface area contributed by atoms with E-state index in [9.17, 15) is 19.8 Å². The Morgan fingerprint density at radius 1 is 1.09 bits per heavy atom. The second kappa shape index (κ2) is 7.49. The zero-order valence-corrected chi connectivity index (χ0v) is 22.0. The molecule has 1 aliphatic heterocycles. The molecule has 3 fully saturated rings. The van der Waals surface area contributed by atoms with Crippen LogP contribution >= 0.6 is 0 Å². The van der Waals surface area contributed by atoms with Crippen molar-refractivity contribution in [3.05, 3.63) is 11.1 Å². The molecule has 1 spiro atoms. The summed E-state index contributed by atoms with van der Waals surface area (Å²) in [6.07, 6.45) is 5.85. The number of aliphatic hydroxyl groups is 2. The van der Waals surface area contributed by atoms with Crippen molar-refractivity contribution in [1.82, 2.24) is 0 Å². The summed E-state index contributed by atoms with van der Waals surface area (Å²) in [5, 5.41) is 21.2. The van der Waals surface area contributed by atoms with E-state index in [1.807, 2.05) is 6.92 Å². The van der Waals surface area contributed by atoms with E-state index in [4.69, 9.17) is 4.74 Å². The minimum absolute atomic E-state index is 0.00768. The quantitative estimate of drug-likeness (QED) is 0.578. The Kier molecular flexibility index (Phi) is 5.43. The van der Waals surface area contributed by atoms with Crippen LogP contribution in [0.4, 0.5) is 0 Å². The van der Waals surface area contributed by atoms with Gasteiger partial charge >= 0.3 is 0 Å². The first-order valence-electron chi connectivity index (χ1n) is 13.6. The molecule has 5 nitrogen and oxygen atoms in total. The predicted molar refractivity (Wildman–Crippen MR) is 130 cm³/mol. The fourth-order valence-electron chi connectivity index (χ4n) is 9.82. The third-order valence-electron chi connectivity index (χ3n) is 12.3. The zero-order chi connectivity index (χ0) is 24.9. The first-order valence-corrected chi connectivity index (χ1v) is 13.6. The van der Waals surface area contributed by atoms with Crippen LogP contribution in [-0.4, -0.2) is 46.2 Å². The molecule has 0 aromatic heterocycles. The lowest BCUT2D eigenvalue weighted by atomic mass is 9.42. The Morgan fingerprint density at radius 3 is 2.44 bits per heavy atom. The van der Waals surface area contributed by atoms with E-state index in [0.717, 1.165) is 32.1 Å². The summed E-state index contributed by atoms with van der Waals surface area (Å²) in [4.78, 5) is 26.7. The van der Waals surface area contributed by atoms with Gasteiger partial charge in [0.25, 0.3) is 0 Å². The molecule has 0 bridgehead atoms. The highest BCUT2D eigenvalue weighted by Crippen LogP contribution is 2.74. The second-order valence-electron chi connectivity index (χ2n) is 13.2. The molecule has 34 heavy (non-hydrogen) atoms. The lowest BCUT2D eigenvalue weighted by molar-refractivity contribution is -0.164. The number of hydrogen-bond donors (Lipinski definition) is 2. The normalized spacial score (nSPS) is 52.5. The summed E-state index contributed by atoms with van der Waals surface area (Å²) in [6.45, 7) is 12.9. The van der Waals surface area contributed by atoms with Gasteiger partial charge in [-0.25, -0.2) is 0 Å². The van der Waals surface area contributed by atoms with Crippen LogP contribution in [0.3, 0.4) is 0 Å². The number of ether oxygens (including phenoxy) is 1. The summed E-state index contributed by atoms with van der Waals surface area (Å²) >= 11 is 0. The maximum Gasteiger partial charge on any atom is 0.161 e. The van der Waals surface area contributed by atoms with E-state index in [1.165, 1.54) is 11.1 Å². The topological polar surface area (TPSA) is 83.8 Å². The number of carbonyl (C=O) groups excluding carboxylic acids is 2. The first-order chi connectivity index (χ1) is 15.9. The monoisotopic (exact) mass is 472 g/mol. The zero-order valence-electron chi connectivity index (χ0n) is 22.0. The molecule has 0 amide bonds. The SMILES string of the molecule is CCC(=O)C1CC(C)C2(CC(=O)C3(C)C4=C(CCC32C)C2(C)CCC(O)C(C)(CO)C2CC4)O1. The number of rotatable bonds is 3. The van der Waals surface area contributed by atoms with Crippen LogP contribution in [0.5, 0.6) is 0 Å². The van der Waals surface area contributed by atoms with Crippen LogP contribution in [-0.2, 0) is 14.3 Å². The highest BCUT2D eigenvalue weighted by molar-refractivity contribution is 5.94. The Balaban J connectivity index is 1.61. The predicted octanol–water partition coefficient (Wildman–Crippen LogP) is 4.77. The lowest BCUT2D eigenvalue weighted by Gasteiger charge is -2.62. The summed E-state index contributed by atoms with van der Waals surface area (Å²) < 4.78 is 6.70. The number of hydrogen-bond acceptors (Lipinski definition) is 5. The second-order valence-corrected chi connectivity index (χ2v) is 13.2. The summed E-state index contributed by atoms with van der Waals surface area (Å²) in [6, 6.07) is 0. The van der Waals surface area contributed by atoms with E-state index in [0.29, 0.717) is 25.7 Å². The maximum atomic E-state index is 14.1. The molecular formula is C29H44O5. The van der Waals surface area contributed by atoms with E-state index in [1.54, 1.807) is 0 Å². The van der Waals surface area contributed by atoms with E-state index in [-0.39, 0.29) is 46.9 Å². The number of aliphatic hydroxyl groups excluding tert-OH is 2. The van der Waals surface area contributed by atoms with Crippen molar-refractivity contribution in [2.24, 2.45) is 33.5 Å². The van der Waals surface area contributed by atoms with Crippen molar-refractivity contribution >= 4 is 11.6 Å². The molecule has 190 valence electrons. The number of Topliss-reactive ketones (excluding diaryl/α,β-unsaturated/α-hetero) is 2. The van der Waals surface area contributed by atoms with Crippen LogP contribution in [0.25, 0.3) is 0 Å². The van der Waals surface area contributed by atoms with Crippen molar-refractivity contribution in [2.75, 3.05) is 6.61 Å². The molecule has 0 aromatic carbocycles. The number of ketones is 2. The van der Waals surface area contributed by atoms with E-state index < -0.39 is 22.5 Å². The minimum Gasteiger partial charge on any atom is -0.396 e. The van der Waals surface area contributed by atoms with Gasteiger partial charge in [0.05, 0.1) is 23.7 Å². The molecule has 5 rings (SSSR count). The molecule has 9 unspecified atom stereocenters. The number of fused-ring (bicyclic) bond motifs is 5. The van der Waals surface area contributed by atoms with E-state index >= 15 is 0 Å². The summed E-state index contributed by atoms with van der Waals surface area (Å²) in [7, 11) is 0. The molecule has 5 aliphatic rings. The van der Waals surface area contributed by atoms with Crippen LogP contribution in [0.2, 0.25) is 0 Å². The van der Waals surface area contributed by atoms with Crippen molar-refractivity contribution in [2.45, 2.75) is 117 Å². The average molecular weight is 473 g/mol. The third-order valence-corrected chi connectivity index (χ3v) is 12.3. The molecule has 1 heterocycles. The molecular weight excluding hydrogens is 428 g/mol. The largest absolute Gasteiger partial charge is 0.396 e. The van der Waals surface area contributed by atoms with Crippen LogP contribution < -0.4 is 0 Å². The number of carbonyl (C=O) groups is 2. The molecule has 2 N–H and O–H groups in total. The Hall–Kier alpha value is -1.04. The number of allylic oxidation sites excluding steroid dienone is 2. The van der Waals surface area contributed by atoms with Crippen molar-refractivity contribution < 1.29 is 24.5 Å². The third kappa shape index (κ3) is 2.62. The van der Waals surface area contributed by atoms with Gasteiger partial charge in [-0.1, -0.05) is 45.8 Å². The van der Waals surface area contributed by atoms with Crippen LogP contribution in [0, 0.1) is 33.5 Å². The molecule has 4 aliphatic carbocycles. The van der Waals surface area contributed by atoms with Crippen LogP contribution in [0.1, 0.15) is 99.3 Å². The maximum absolute atomic E-state index is 14.1. The fraction of sp³-hybridized carbons (Fsp3) is 0.862. The first kappa shape index (κ1) is 24.6. The van der Waals surface area contributed by atoms with Gasteiger partial charge in [-0.3, -0.25) is 9.59 Å². The van der Waals surface area contributed by atoms with Crippen molar-refractivity contribution in [1.29, 1.82) is 0 Å². The highest BCUT2D eigenvalue weighted by atomic mass is 16.5. The van der Waals surface area contributed by atoms with Crippen molar-refractivity contribution in [3.63, 3.8) is 0 Å². The molecule has 1 saturated heterocycles. The van der Waals surface area contributed by atoms with Crippen LogP contribution in [0.15, 0.2) is 11.1 Å². The molecule has 9 atom stereocenters. The van der Waals surface area contributed by atoms with Gasteiger partial charge in [-0.05, 0) is 69.1 Å². The van der Waals surface area contributed by atoms with Gasteiger partial charge < -0.3 is 14.9 Å². The Labute approximate surface area is 204 Å². The minimum atomic E-state index is -0.585. The smallest absolute Gasteiger partial charge is 0.161 e. The summed E-state index contributed by atoms with van der Waals surface area (Å²) in [5.41, 5.74) is 0.631. The van der Waals surface area contributed by atoms with Gasteiger partial charge in [-0.2, -0.15) is 0 Å². The Morgan fingerprint density at radius 2 is 1.79 bits per heavy atom. The van der Waals surface area contributed by atoms with Gasteiger partial charge in [0.2, 0.25) is 0 Å². The van der Waals surface area contributed by atoms with Crippen molar-refractivity contribution in [3.8, 4) is 0 Å². The molecule has 0 aromatic rings. The highest BCUT2D eigenvalue weighted by Gasteiger charge is 2.75. The fourth-order valence-corrected chi connectivity index (χ4v) is 9.82. The summed E-state index contributed by atoms with van der Waals surface area (Å²) in [5.74, 6) is 0.808. The molecule has 0 radical (unpaired) electrons. The Bertz CT molecular complexity index is 954. The van der Waals surface area contributed by atoms with Gasteiger partial charge in [-0.15, -0.1) is 0 Å². The molecule has 2 saturated carbocycles. The van der Waals surface area contributed by atoms with E-state index in [2.05, 4.69) is 34.6 Å². The van der Waals surface area contributed by atoms with Gasteiger partial charge in [0.15, 0.2) is 5.78 Å². The molecule has 5 heteroatoms. The van der Waals surface area contributed by atoms with Gasteiger partial charge in [0, 0.05) is 23.7 Å². The lowest BCUT2D eigenvalue weighted by Crippen LogP contribution is -2.59. The average Bonchev–Trinajstić information content (AvgIpc) is 3.23. The van der Waals surface area contributed by atoms with Gasteiger partial charge in [0.1, 0.15) is 11.9 Å². The standard InChI is InChI=1S/C29H44O5/c1-7-20(31)21-14-17(2)29(34-21)15-24(33)28(6)19-8-9-22-25(3,18(19)10-13-27(28,29)5)12-11-23(32)26(22,4)16-30/h17,21-23,30,32H,7-16H2,1-6H3.